The molecule has 2 N–H and O–H groups in total. The molecule has 1 aromatic heterocycles. The molecule has 4 nitrogen and oxygen atoms in total. The lowest BCUT2D eigenvalue weighted by Gasteiger charge is -2.15. The zero-order chi connectivity index (χ0) is 13.0. The molecule has 4 heteroatoms. The van der Waals surface area contributed by atoms with Gasteiger partial charge in [-0.15, -0.1) is 0 Å². The Morgan fingerprint density at radius 3 is 2.59 bits per heavy atom. The summed E-state index contributed by atoms with van der Waals surface area (Å²) in [7, 11) is 0. The van der Waals surface area contributed by atoms with Gasteiger partial charge in [-0.1, -0.05) is 20.8 Å². The van der Waals surface area contributed by atoms with Crippen molar-refractivity contribution < 1.29 is 14.3 Å². The van der Waals surface area contributed by atoms with Gasteiger partial charge in [0.1, 0.15) is 5.76 Å². The lowest BCUT2D eigenvalue weighted by molar-refractivity contribution is 0.0661. The summed E-state index contributed by atoms with van der Waals surface area (Å²) in [5.74, 6) is 0.905. The molecule has 0 aliphatic carbocycles. The molecule has 0 aromatic carbocycles. The standard InChI is InChI=1S/C13H21NO3/c1-8(2)9(3)6-14-7-11-5-12(13(15)16)17-10(11)4/h5,8-9,14H,6-7H2,1-4H3,(H,15,16). The highest BCUT2D eigenvalue weighted by Crippen LogP contribution is 2.15. The molecular weight excluding hydrogens is 218 g/mol. The predicted octanol–water partition coefficient (Wildman–Crippen LogP) is 2.67. The van der Waals surface area contributed by atoms with E-state index in [0.29, 0.717) is 24.1 Å². The third-order valence-corrected chi connectivity index (χ3v) is 3.15. The van der Waals surface area contributed by atoms with E-state index in [1.54, 1.807) is 13.0 Å². The largest absolute Gasteiger partial charge is 0.475 e. The number of aryl methyl sites for hydroxylation is 1. The molecule has 96 valence electrons. The fourth-order valence-electron chi connectivity index (χ4n) is 1.47. The third kappa shape index (κ3) is 3.89. The molecule has 0 spiro atoms. The first-order valence-electron chi connectivity index (χ1n) is 5.95. The van der Waals surface area contributed by atoms with Gasteiger partial charge in [0.25, 0.3) is 0 Å². The SMILES string of the molecule is Cc1oc(C(=O)O)cc1CNCC(C)C(C)C. The van der Waals surface area contributed by atoms with Crippen molar-refractivity contribution in [3.8, 4) is 0 Å². The van der Waals surface area contributed by atoms with Crippen molar-refractivity contribution in [3.05, 3.63) is 23.2 Å². The first kappa shape index (κ1) is 13.8. The van der Waals surface area contributed by atoms with E-state index >= 15 is 0 Å². The van der Waals surface area contributed by atoms with E-state index in [2.05, 4.69) is 26.1 Å². The third-order valence-electron chi connectivity index (χ3n) is 3.15. The number of carboxylic acid groups (broad SMARTS) is 1. The van der Waals surface area contributed by atoms with Crippen LogP contribution in [-0.2, 0) is 6.54 Å². The van der Waals surface area contributed by atoms with Gasteiger partial charge in [0, 0.05) is 12.1 Å². The zero-order valence-corrected chi connectivity index (χ0v) is 10.9. The van der Waals surface area contributed by atoms with Crippen molar-refractivity contribution in [2.45, 2.75) is 34.2 Å². The molecule has 0 aliphatic rings. The maximum atomic E-state index is 10.7. The highest BCUT2D eigenvalue weighted by molar-refractivity contribution is 5.84. The second-order valence-corrected chi connectivity index (χ2v) is 4.85. The predicted molar refractivity (Wildman–Crippen MR) is 66.1 cm³/mol. The van der Waals surface area contributed by atoms with E-state index in [-0.39, 0.29) is 5.76 Å². The fourth-order valence-corrected chi connectivity index (χ4v) is 1.47. The van der Waals surface area contributed by atoms with Gasteiger partial charge in [-0.05, 0) is 31.4 Å². The molecule has 0 radical (unpaired) electrons. The Morgan fingerprint density at radius 1 is 1.47 bits per heavy atom. The number of hydrogen-bond donors (Lipinski definition) is 2. The molecule has 0 bridgehead atoms. The molecule has 1 heterocycles. The molecule has 1 unspecified atom stereocenters. The molecule has 0 aliphatic heterocycles. The van der Waals surface area contributed by atoms with E-state index in [1.165, 1.54) is 0 Å². The molecule has 1 aromatic rings. The number of hydrogen-bond acceptors (Lipinski definition) is 3. The zero-order valence-electron chi connectivity index (χ0n) is 10.9. The molecule has 1 rings (SSSR count). The van der Waals surface area contributed by atoms with Crippen LogP contribution >= 0.6 is 0 Å². The van der Waals surface area contributed by atoms with Crippen LogP contribution in [0.1, 0.15) is 42.6 Å². The van der Waals surface area contributed by atoms with E-state index in [0.717, 1.165) is 12.1 Å². The molecular formula is C13H21NO3. The normalized spacial score (nSPS) is 13.0. The minimum atomic E-state index is -1.02. The summed E-state index contributed by atoms with van der Waals surface area (Å²) in [5, 5.41) is 12.1. The van der Waals surface area contributed by atoms with E-state index in [9.17, 15) is 4.79 Å². The van der Waals surface area contributed by atoms with Crippen LogP contribution in [-0.4, -0.2) is 17.6 Å². The average molecular weight is 239 g/mol. The Balaban J connectivity index is 2.49. The van der Waals surface area contributed by atoms with Crippen molar-refractivity contribution in [1.82, 2.24) is 5.32 Å². The Hall–Kier alpha value is -1.29. The highest BCUT2D eigenvalue weighted by atomic mass is 16.4. The highest BCUT2D eigenvalue weighted by Gasteiger charge is 2.13. The second-order valence-electron chi connectivity index (χ2n) is 4.85. The van der Waals surface area contributed by atoms with Gasteiger partial charge in [0.05, 0.1) is 0 Å². The summed E-state index contributed by atoms with van der Waals surface area (Å²) in [5.41, 5.74) is 0.915. The summed E-state index contributed by atoms with van der Waals surface area (Å²) < 4.78 is 5.14. The summed E-state index contributed by atoms with van der Waals surface area (Å²) in [4.78, 5) is 10.7. The summed E-state index contributed by atoms with van der Waals surface area (Å²) in [6.45, 7) is 9.94. The molecule has 0 fully saturated rings. The van der Waals surface area contributed by atoms with Gasteiger partial charge in [-0.2, -0.15) is 0 Å². The van der Waals surface area contributed by atoms with Crippen LogP contribution in [0.25, 0.3) is 0 Å². The lowest BCUT2D eigenvalue weighted by Crippen LogP contribution is -2.23. The van der Waals surface area contributed by atoms with Gasteiger partial charge in [-0.25, -0.2) is 4.79 Å². The minimum Gasteiger partial charge on any atom is -0.475 e. The molecule has 1 atom stereocenters. The summed E-state index contributed by atoms with van der Waals surface area (Å²) in [6.07, 6.45) is 0. The van der Waals surface area contributed by atoms with Crippen LogP contribution in [0.15, 0.2) is 10.5 Å². The maximum Gasteiger partial charge on any atom is 0.371 e. The Bertz CT molecular complexity index is 382. The van der Waals surface area contributed by atoms with Crippen LogP contribution < -0.4 is 5.32 Å². The van der Waals surface area contributed by atoms with Crippen LogP contribution in [0.3, 0.4) is 0 Å². The van der Waals surface area contributed by atoms with Crippen LogP contribution in [0, 0.1) is 18.8 Å². The number of furan rings is 1. The van der Waals surface area contributed by atoms with Gasteiger partial charge in [0.15, 0.2) is 0 Å². The van der Waals surface area contributed by atoms with Crippen molar-refractivity contribution in [2.75, 3.05) is 6.54 Å². The number of carboxylic acids is 1. The topological polar surface area (TPSA) is 62.5 Å². The van der Waals surface area contributed by atoms with Crippen molar-refractivity contribution >= 4 is 5.97 Å². The van der Waals surface area contributed by atoms with Gasteiger partial charge >= 0.3 is 5.97 Å². The first-order chi connectivity index (χ1) is 7.91. The van der Waals surface area contributed by atoms with E-state index in [4.69, 9.17) is 9.52 Å². The van der Waals surface area contributed by atoms with Crippen LogP contribution in [0.2, 0.25) is 0 Å². The van der Waals surface area contributed by atoms with Gasteiger partial charge in [0.2, 0.25) is 5.76 Å². The Labute approximate surface area is 102 Å². The maximum absolute atomic E-state index is 10.7. The van der Waals surface area contributed by atoms with Crippen molar-refractivity contribution in [3.63, 3.8) is 0 Å². The smallest absolute Gasteiger partial charge is 0.371 e. The van der Waals surface area contributed by atoms with Crippen molar-refractivity contribution in [2.24, 2.45) is 11.8 Å². The van der Waals surface area contributed by atoms with E-state index in [1.807, 2.05) is 0 Å². The van der Waals surface area contributed by atoms with Gasteiger partial charge in [-0.3, -0.25) is 0 Å². The van der Waals surface area contributed by atoms with Crippen LogP contribution in [0.5, 0.6) is 0 Å². The molecule has 0 saturated heterocycles. The second kappa shape index (κ2) is 5.87. The van der Waals surface area contributed by atoms with Crippen molar-refractivity contribution in [1.29, 1.82) is 0 Å². The Morgan fingerprint density at radius 2 is 2.12 bits per heavy atom. The number of nitrogens with one attached hydrogen (secondary N) is 1. The minimum absolute atomic E-state index is 0.0104. The average Bonchev–Trinajstić information content (AvgIpc) is 2.60. The Kier molecular flexibility index (Phi) is 4.75. The summed E-state index contributed by atoms with van der Waals surface area (Å²) in [6, 6.07) is 1.59. The molecule has 0 saturated carbocycles. The number of carbonyl (C=O) groups is 1. The van der Waals surface area contributed by atoms with Crippen LogP contribution in [0.4, 0.5) is 0 Å². The lowest BCUT2D eigenvalue weighted by atomic mass is 9.98. The summed E-state index contributed by atoms with van der Waals surface area (Å²) >= 11 is 0. The first-order valence-corrected chi connectivity index (χ1v) is 5.95. The number of aromatic carboxylic acids is 1. The monoisotopic (exact) mass is 239 g/mol. The van der Waals surface area contributed by atoms with E-state index < -0.39 is 5.97 Å². The number of rotatable bonds is 6. The molecule has 17 heavy (non-hydrogen) atoms. The van der Waals surface area contributed by atoms with Gasteiger partial charge < -0.3 is 14.8 Å². The fraction of sp³-hybridized carbons (Fsp3) is 0.615. The molecule has 0 amide bonds. The quantitative estimate of drug-likeness (QED) is 0.801.